The Hall–Kier alpha value is -3.52. The zero-order valence-corrected chi connectivity index (χ0v) is 20.5. The van der Waals surface area contributed by atoms with E-state index in [9.17, 15) is 4.79 Å². The molecule has 0 spiro atoms. The fourth-order valence-electron chi connectivity index (χ4n) is 4.24. The lowest BCUT2D eigenvalue weighted by atomic mass is 10.1. The van der Waals surface area contributed by atoms with Gasteiger partial charge in [-0.05, 0) is 62.2 Å². The van der Waals surface area contributed by atoms with E-state index in [0.717, 1.165) is 47.2 Å². The molecule has 174 valence electrons. The summed E-state index contributed by atoms with van der Waals surface area (Å²) in [5.41, 5.74) is 5.65. The molecule has 0 atom stereocenters. The molecule has 7 nitrogen and oxygen atoms in total. The summed E-state index contributed by atoms with van der Waals surface area (Å²) < 4.78 is 1.23. The van der Waals surface area contributed by atoms with Crippen LogP contribution in [0, 0.1) is 13.8 Å². The van der Waals surface area contributed by atoms with Gasteiger partial charge in [0.2, 0.25) is 5.95 Å². The van der Waals surface area contributed by atoms with E-state index in [1.165, 1.54) is 10.3 Å². The van der Waals surface area contributed by atoms with E-state index < -0.39 is 0 Å². The third-order valence-corrected chi connectivity index (χ3v) is 7.11. The highest BCUT2D eigenvalue weighted by Crippen LogP contribution is 2.30. The molecule has 3 heterocycles. The van der Waals surface area contributed by atoms with Crippen LogP contribution in [0.15, 0.2) is 48.5 Å². The quantitative estimate of drug-likeness (QED) is 0.442. The number of carbonyl (C=O) groups is 1. The van der Waals surface area contributed by atoms with Crippen molar-refractivity contribution < 1.29 is 4.79 Å². The van der Waals surface area contributed by atoms with Crippen LogP contribution < -0.4 is 10.2 Å². The van der Waals surface area contributed by atoms with Crippen LogP contribution in [0.2, 0.25) is 0 Å². The first kappa shape index (κ1) is 22.3. The van der Waals surface area contributed by atoms with Crippen molar-refractivity contribution in [1.29, 1.82) is 0 Å². The van der Waals surface area contributed by atoms with E-state index in [-0.39, 0.29) is 5.91 Å². The first-order valence-electron chi connectivity index (χ1n) is 11.6. The Labute approximate surface area is 203 Å². The molecule has 1 N–H and O–H groups in total. The average Bonchev–Trinajstić information content (AvgIpc) is 3.26. The molecule has 0 radical (unpaired) electrons. The van der Waals surface area contributed by atoms with Crippen LogP contribution in [0.4, 0.5) is 16.8 Å². The second-order valence-corrected chi connectivity index (χ2v) is 9.62. The van der Waals surface area contributed by atoms with E-state index in [4.69, 9.17) is 4.98 Å². The topological polar surface area (TPSA) is 74.2 Å². The van der Waals surface area contributed by atoms with Crippen molar-refractivity contribution in [2.75, 3.05) is 36.4 Å². The van der Waals surface area contributed by atoms with Crippen molar-refractivity contribution in [2.24, 2.45) is 0 Å². The van der Waals surface area contributed by atoms with Gasteiger partial charge in [0, 0.05) is 48.8 Å². The van der Waals surface area contributed by atoms with Gasteiger partial charge in [-0.25, -0.2) is 15.0 Å². The minimum atomic E-state index is 0.0431. The van der Waals surface area contributed by atoms with E-state index in [2.05, 4.69) is 45.3 Å². The lowest BCUT2D eigenvalue weighted by molar-refractivity contribution is 0.0747. The third kappa shape index (κ3) is 4.72. The molecule has 0 bridgehead atoms. The molecule has 34 heavy (non-hydrogen) atoms. The van der Waals surface area contributed by atoms with Gasteiger partial charge < -0.3 is 15.1 Å². The lowest BCUT2D eigenvalue weighted by Gasteiger charge is -2.34. The van der Waals surface area contributed by atoms with Crippen molar-refractivity contribution in [3.8, 4) is 0 Å². The van der Waals surface area contributed by atoms with Crippen LogP contribution in [0.25, 0.3) is 10.2 Å². The van der Waals surface area contributed by atoms with Crippen molar-refractivity contribution >= 4 is 44.2 Å². The fourth-order valence-corrected chi connectivity index (χ4v) is 5.32. The maximum Gasteiger partial charge on any atom is 0.254 e. The summed E-state index contributed by atoms with van der Waals surface area (Å²) >= 11 is 1.74. The van der Waals surface area contributed by atoms with Crippen LogP contribution >= 0.6 is 11.3 Å². The number of fused-ring (bicyclic) bond motifs is 1. The Morgan fingerprint density at radius 3 is 2.47 bits per heavy atom. The Kier molecular flexibility index (Phi) is 6.15. The maximum absolute atomic E-state index is 13.2. The molecule has 1 aliphatic heterocycles. The zero-order chi connectivity index (χ0) is 23.7. The second kappa shape index (κ2) is 9.38. The number of carbonyl (C=O) groups excluding carboxylic acids is 1. The summed E-state index contributed by atoms with van der Waals surface area (Å²) in [6, 6.07) is 16.0. The summed E-state index contributed by atoms with van der Waals surface area (Å²) in [6.45, 7) is 8.95. The largest absolute Gasteiger partial charge is 0.345 e. The van der Waals surface area contributed by atoms with Gasteiger partial charge in [-0.1, -0.05) is 30.4 Å². The first-order valence-corrected chi connectivity index (χ1v) is 12.4. The number of hydrogen-bond acceptors (Lipinski definition) is 7. The Morgan fingerprint density at radius 2 is 1.74 bits per heavy atom. The summed E-state index contributed by atoms with van der Waals surface area (Å²) in [5.74, 6) is 0.583. The molecule has 0 aliphatic carbocycles. The molecule has 0 saturated carbocycles. The van der Waals surface area contributed by atoms with Crippen molar-refractivity contribution in [3.63, 3.8) is 0 Å². The SMILES string of the molecule is CCc1ccc2nc(N3CCN(C(=O)c4cccc(Nc5nc(C)cc(C)n5)c4)CC3)sc2c1. The van der Waals surface area contributed by atoms with Crippen LogP contribution in [0.5, 0.6) is 0 Å². The molecular weight excluding hydrogens is 444 g/mol. The molecule has 1 saturated heterocycles. The van der Waals surface area contributed by atoms with Gasteiger partial charge in [0.15, 0.2) is 5.13 Å². The van der Waals surface area contributed by atoms with Crippen LogP contribution in [-0.4, -0.2) is 51.9 Å². The molecule has 1 aliphatic rings. The first-order chi connectivity index (χ1) is 16.5. The van der Waals surface area contributed by atoms with Crippen LogP contribution in [0.1, 0.15) is 34.2 Å². The molecule has 2 aromatic carbocycles. The predicted molar refractivity (Wildman–Crippen MR) is 138 cm³/mol. The molecule has 4 aromatic rings. The summed E-state index contributed by atoms with van der Waals surface area (Å²) in [4.78, 5) is 31.1. The number of aryl methyl sites for hydroxylation is 3. The number of nitrogens with one attached hydrogen (secondary N) is 1. The van der Waals surface area contributed by atoms with Gasteiger partial charge >= 0.3 is 0 Å². The van der Waals surface area contributed by atoms with Crippen LogP contribution in [0.3, 0.4) is 0 Å². The summed E-state index contributed by atoms with van der Waals surface area (Å²) in [5, 5.41) is 4.26. The molecule has 8 heteroatoms. The minimum absolute atomic E-state index is 0.0431. The standard InChI is InChI=1S/C26H28N6OS/c1-4-19-8-9-22-23(15-19)34-26(30-22)32-12-10-31(11-13-32)24(33)20-6-5-7-21(16-20)29-25-27-17(2)14-18(3)28-25/h5-9,14-16H,4,10-13H2,1-3H3,(H,27,28,29). The highest BCUT2D eigenvalue weighted by atomic mass is 32.1. The van der Waals surface area contributed by atoms with E-state index in [1.807, 2.05) is 49.1 Å². The predicted octanol–water partition coefficient (Wildman–Crippen LogP) is 4.97. The summed E-state index contributed by atoms with van der Waals surface area (Å²) in [7, 11) is 0. The molecule has 2 aromatic heterocycles. The average molecular weight is 473 g/mol. The number of amides is 1. The number of piperazine rings is 1. The second-order valence-electron chi connectivity index (χ2n) is 8.61. The number of rotatable bonds is 5. The van der Waals surface area contributed by atoms with Gasteiger partial charge in [-0.3, -0.25) is 4.79 Å². The molecule has 1 amide bonds. The molecule has 0 unspecified atom stereocenters. The third-order valence-electron chi connectivity index (χ3n) is 6.04. The van der Waals surface area contributed by atoms with Crippen molar-refractivity contribution in [3.05, 3.63) is 71.0 Å². The van der Waals surface area contributed by atoms with E-state index in [1.54, 1.807) is 11.3 Å². The Balaban J connectivity index is 1.25. The van der Waals surface area contributed by atoms with E-state index >= 15 is 0 Å². The molecule has 1 fully saturated rings. The Morgan fingerprint density at radius 1 is 0.971 bits per heavy atom. The van der Waals surface area contributed by atoms with Gasteiger partial charge in [-0.15, -0.1) is 0 Å². The smallest absolute Gasteiger partial charge is 0.254 e. The number of anilines is 3. The number of thiazole rings is 1. The van der Waals surface area contributed by atoms with Crippen LogP contribution in [-0.2, 0) is 6.42 Å². The van der Waals surface area contributed by atoms with Gasteiger partial charge in [0.25, 0.3) is 5.91 Å². The number of nitrogens with zero attached hydrogens (tertiary/aromatic N) is 5. The maximum atomic E-state index is 13.2. The lowest BCUT2D eigenvalue weighted by Crippen LogP contribution is -2.48. The number of benzene rings is 2. The Bertz CT molecular complexity index is 1320. The minimum Gasteiger partial charge on any atom is -0.345 e. The highest BCUT2D eigenvalue weighted by molar-refractivity contribution is 7.22. The van der Waals surface area contributed by atoms with Crippen molar-refractivity contribution in [2.45, 2.75) is 27.2 Å². The highest BCUT2D eigenvalue weighted by Gasteiger charge is 2.24. The monoisotopic (exact) mass is 472 g/mol. The number of aromatic nitrogens is 3. The molecular formula is C26H28N6OS. The van der Waals surface area contributed by atoms with Gasteiger partial charge in [0.1, 0.15) is 0 Å². The van der Waals surface area contributed by atoms with Crippen molar-refractivity contribution in [1.82, 2.24) is 19.9 Å². The normalized spacial score (nSPS) is 14.0. The fraction of sp³-hybridized carbons (Fsp3) is 0.308. The number of hydrogen-bond donors (Lipinski definition) is 1. The zero-order valence-electron chi connectivity index (χ0n) is 19.7. The summed E-state index contributed by atoms with van der Waals surface area (Å²) in [6.07, 6.45) is 1.03. The molecule has 5 rings (SSSR count). The van der Waals surface area contributed by atoms with Gasteiger partial charge in [0.05, 0.1) is 10.2 Å². The van der Waals surface area contributed by atoms with E-state index in [0.29, 0.717) is 24.6 Å². The van der Waals surface area contributed by atoms with Gasteiger partial charge in [-0.2, -0.15) is 0 Å².